The van der Waals surface area contributed by atoms with Crippen LogP contribution in [-0.4, -0.2) is 23.9 Å². The van der Waals surface area contributed by atoms with Gasteiger partial charge in [-0.3, -0.25) is 4.99 Å². The van der Waals surface area contributed by atoms with E-state index < -0.39 is 0 Å². The van der Waals surface area contributed by atoms with Crippen molar-refractivity contribution < 1.29 is 4.42 Å². The molecule has 20 heavy (non-hydrogen) atoms. The molecule has 0 aliphatic carbocycles. The maximum atomic E-state index is 6.01. The first kappa shape index (κ1) is 13.2. The van der Waals surface area contributed by atoms with E-state index in [1.807, 2.05) is 29.2 Å². The first-order valence-corrected chi connectivity index (χ1v) is 7.22. The molecule has 0 fully saturated rings. The van der Waals surface area contributed by atoms with Crippen LogP contribution in [0, 0.1) is 0 Å². The summed E-state index contributed by atoms with van der Waals surface area (Å²) in [5.74, 6) is 1.41. The van der Waals surface area contributed by atoms with Crippen LogP contribution in [0.5, 0.6) is 0 Å². The van der Waals surface area contributed by atoms with E-state index >= 15 is 0 Å². The Balaban J connectivity index is 2.07. The Hall–Kier alpha value is -1.75. The lowest BCUT2D eigenvalue weighted by molar-refractivity contribution is 0.206. The number of furan rings is 1. The standard InChI is InChI=1S/C15H16BrN3O/c1-3-6-19-14(17)18-9-15(19,2)13-8-10-7-11(16)4-5-12(10)20-13/h3-5,7-8H,1,6,9H2,2H3,(H2,17,18). The summed E-state index contributed by atoms with van der Waals surface area (Å²) in [4.78, 5) is 6.38. The molecule has 1 aromatic heterocycles. The van der Waals surface area contributed by atoms with Gasteiger partial charge in [-0.2, -0.15) is 0 Å². The van der Waals surface area contributed by atoms with Crippen molar-refractivity contribution in [1.29, 1.82) is 0 Å². The van der Waals surface area contributed by atoms with Crippen molar-refractivity contribution in [3.63, 3.8) is 0 Å². The molecule has 2 heterocycles. The van der Waals surface area contributed by atoms with Crippen LogP contribution in [0.4, 0.5) is 0 Å². The maximum Gasteiger partial charge on any atom is 0.192 e. The van der Waals surface area contributed by atoms with Crippen molar-refractivity contribution >= 4 is 32.9 Å². The number of benzene rings is 1. The number of fused-ring (bicyclic) bond motifs is 1. The third kappa shape index (κ3) is 1.93. The van der Waals surface area contributed by atoms with Gasteiger partial charge in [0.25, 0.3) is 0 Å². The second-order valence-electron chi connectivity index (χ2n) is 5.14. The maximum absolute atomic E-state index is 6.01. The molecule has 5 heteroatoms. The number of nitrogens with two attached hydrogens (primary N) is 1. The van der Waals surface area contributed by atoms with E-state index in [2.05, 4.69) is 40.5 Å². The highest BCUT2D eigenvalue weighted by molar-refractivity contribution is 9.10. The number of halogens is 1. The Labute approximate surface area is 126 Å². The minimum Gasteiger partial charge on any atom is -0.458 e. The van der Waals surface area contributed by atoms with E-state index in [0.29, 0.717) is 19.0 Å². The summed E-state index contributed by atoms with van der Waals surface area (Å²) in [7, 11) is 0. The van der Waals surface area contributed by atoms with Gasteiger partial charge in [0.2, 0.25) is 0 Å². The molecular formula is C15H16BrN3O. The van der Waals surface area contributed by atoms with Gasteiger partial charge in [-0.15, -0.1) is 6.58 Å². The Kier molecular flexibility index (Phi) is 3.09. The Morgan fingerprint density at radius 3 is 3.10 bits per heavy atom. The lowest BCUT2D eigenvalue weighted by atomic mass is 9.97. The second kappa shape index (κ2) is 4.66. The van der Waals surface area contributed by atoms with E-state index in [0.717, 1.165) is 21.2 Å². The van der Waals surface area contributed by atoms with Crippen molar-refractivity contribution in [1.82, 2.24) is 4.90 Å². The van der Waals surface area contributed by atoms with E-state index in [1.54, 1.807) is 0 Å². The monoisotopic (exact) mass is 333 g/mol. The van der Waals surface area contributed by atoms with Gasteiger partial charge in [0.05, 0.1) is 6.54 Å². The molecule has 104 valence electrons. The molecule has 0 saturated heterocycles. The van der Waals surface area contributed by atoms with Crippen LogP contribution in [0.25, 0.3) is 11.0 Å². The molecule has 0 radical (unpaired) electrons. The van der Waals surface area contributed by atoms with Crippen LogP contribution >= 0.6 is 15.9 Å². The van der Waals surface area contributed by atoms with E-state index in [1.165, 1.54) is 0 Å². The van der Waals surface area contributed by atoms with Gasteiger partial charge in [-0.05, 0) is 31.2 Å². The molecule has 1 aromatic carbocycles. The molecule has 1 atom stereocenters. The molecule has 3 rings (SSSR count). The van der Waals surface area contributed by atoms with Gasteiger partial charge in [0.1, 0.15) is 16.9 Å². The quantitative estimate of drug-likeness (QED) is 0.877. The zero-order valence-electron chi connectivity index (χ0n) is 11.3. The minimum atomic E-state index is -0.357. The highest BCUT2D eigenvalue weighted by Crippen LogP contribution is 2.36. The fraction of sp³-hybridized carbons (Fsp3) is 0.267. The second-order valence-corrected chi connectivity index (χ2v) is 6.06. The van der Waals surface area contributed by atoms with Crippen LogP contribution in [0.2, 0.25) is 0 Å². The average molecular weight is 334 g/mol. The molecule has 0 saturated carbocycles. The Morgan fingerprint density at radius 2 is 2.35 bits per heavy atom. The number of hydrogen-bond donors (Lipinski definition) is 1. The molecule has 0 spiro atoms. The van der Waals surface area contributed by atoms with E-state index in [9.17, 15) is 0 Å². The molecular weight excluding hydrogens is 318 g/mol. The molecule has 2 aromatic rings. The number of aliphatic imine (C=N–C) groups is 1. The molecule has 0 bridgehead atoms. The average Bonchev–Trinajstić information content (AvgIpc) is 2.96. The van der Waals surface area contributed by atoms with Gasteiger partial charge >= 0.3 is 0 Å². The smallest absolute Gasteiger partial charge is 0.192 e. The highest BCUT2D eigenvalue weighted by atomic mass is 79.9. The predicted molar refractivity (Wildman–Crippen MR) is 84.7 cm³/mol. The molecule has 1 aliphatic heterocycles. The summed E-state index contributed by atoms with van der Waals surface area (Å²) in [6.45, 7) is 7.11. The zero-order chi connectivity index (χ0) is 14.3. The fourth-order valence-corrected chi connectivity index (χ4v) is 2.95. The number of hydrogen-bond acceptors (Lipinski definition) is 4. The zero-order valence-corrected chi connectivity index (χ0v) is 12.9. The SMILES string of the molecule is C=CCN1C(N)=NCC1(C)c1cc2cc(Br)ccc2o1. The number of rotatable bonds is 3. The van der Waals surface area contributed by atoms with Crippen LogP contribution in [0.15, 0.2) is 50.8 Å². The highest BCUT2D eigenvalue weighted by Gasteiger charge is 2.41. The third-order valence-corrected chi connectivity index (χ3v) is 4.24. The summed E-state index contributed by atoms with van der Waals surface area (Å²) in [6, 6.07) is 8.04. The molecule has 0 amide bonds. The number of guanidine groups is 1. The molecule has 1 aliphatic rings. The van der Waals surface area contributed by atoms with E-state index in [4.69, 9.17) is 10.2 Å². The number of nitrogens with zero attached hydrogens (tertiary/aromatic N) is 2. The summed E-state index contributed by atoms with van der Waals surface area (Å²) >= 11 is 3.48. The van der Waals surface area contributed by atoms with Crippen molar-refractivity contribution in [3.05, 3.63) is 47.2 Å². The van der Waals surface area contributed by atoms with Gasteiger partial charge in [-0.1, -0.05) is 22.0 Å². The van der Waals surface area contributed by atoms with Gasteiger partial charge in [0.15, 0.2) is 5.96 Å². The van der Waals surface area contributed by atoms with E-state index in [-0.39, 0.29) is 5.54 Å². The van der Waals surface area contributed by atoms with Gasteiger partial charge < -0.3 is 15.1 Å². The van der Waals surface area contributed by atoms with Crippen molar-refractivity contribution in [3.8, 4) is 0 Å². The molecule has 1 unspecified atom stereocenters. The van der Waals surface area contributed by atoms with Gasteiger partial charge in [-0.25, -0.2) is 0 Å². The Morgan fingerprint density at radius 1 is 1.55 bits per heavy atom. The van der Waals surface area contributed by atoms with Crippen LogP contribution < -0.4 is 5.73 Å². The first-order chi connectivity index (χ1) is 9.54. The van der Waals surface area contributed by atoms with Gasteiger partial charge in [0, 0.05) is 16.4 Å². The third-order valence-electron chi connectivity index (χ3n) is 3.74. The predicted octanol–water partition coefficient (Wildman–Crippen LogP) is 3.23. The normalized spacial score (nSPS) is 22.3. The van der Waals surface area contributed by atoms with Crippen molar-refractivity contribution in [2.75, 3.05) is 13.1 Å². The summed E-state index contributed by atoms with van der Waals surface area (Å²) in [5, 5.41) is 1.07. The minimum absolute atomic E-state index is 0.357. The fourth-order valence-electron chi connectivity index (χ4n) is 2.57. The first-order valence-electron chi connectivity index (χ1n) is 6.42. The Bertz CT molecular complexity index is 706. The van der Waals surface area contributed by atoms with Crippen LogP contribution in [0.1, 0.15) is 12.7 Å². The largest absolute Gasteiger partial charge is 0.458 e. The van der Waals surface area contributed by atoms with Crippen LogP contribution in [-0.2, 0) is 5.54 Å². The topological polar surface area (TPSA) is 54.8 Å². The van der Waals surface area contributed by atoms with Crippen LogP contribution in [0.3, 0.4) is 0 Å². The summed E-state index contributed by atoms with van der Waals surface area (Å²) in [6.07, 6.45) is 1.82. The summed E-state index contributed by atoms with van der Waals surface area (Å²) < 4.78 is 7.04. The van der Waals surface area contributed by atoms with Crippen molar-refractivity contribution in [2.45, 2.75) is 12.5 Å². The lowest BCUT2D eigenvalue weighted by Gasteiger charge is -2.33. The lowest BCUT2D eigenvalue weighted by Crippen LogP contribution is -2.47. The molecule has 4 nitrogen and oxygen atoms in total. The molecule has 2 N–H and O–H groups in total. The summed E-state index contributed by atoms with van der Waals surface area (Å²) in [5.41, 5.74) is 6.49. The van der Waals surface area contributed by atoms with Crippen molar-refractivity contribution in [2.24, 2.45) is 10.7 Å².